The van der Waals surface area contributed by atoms with Gasteiger partial charge in [-0.15, -0.1) is 0 Å². The van der Waals surface area contributed by atoms with Gasteiger partial charge in [-0.3, -0.25) is 14.0 Å². The lowest BCUT2D eigenvalue weighted by Crippen LogP contribution is -2.08. The predicted octanol–water partition coefficient (Wildman–Crippen LogP) is 4.59. The maximum atomic E-state index is 11.8. The Balaban J connectivity index is 1.90. The lowest BCUT2D eigenvalue weighted by atomic mass is 10.1. The normalized spacial score (nSPS) is 10.7. The largest absolute Gasteiger partial charge is 0.497 e. The van der Waals surface area contributed by atoms with E-state index in [1.807, 2.05) is 65.2 Å². The average Bonchev–Trinajstić information content (AvgIpc) is 3.17. The number of methoxy groups -OCH3 is 1. The number of nitrogens with one attached hydrogen (secondary N) is 2. The zero-order chi connectivity index (χ0) is 22.0. The van der Waals surface area contributed by atoms with Crippen LogP contribution in [0, 0.1) is 0 Å². The van der Waals surface area contributed by atoms with E-state index in [4.69, 9.17) is 4.74 Å². The van der Waals surface area contributed by atoms with Crippen LogP contribution in [0.25, 0.3) is 28.0 Å². The molecule has 7 nitrogen and oxygen atoms in total. The molecule has 0 bridgehead atoms. The Hall–Kier alpha value is -4.13. The molecule has 0 radical (unpaired) electrons. The maximum absolute atomic E-state index is 11.8. The Bertz CT molecular complexity index is 1290. The van der Waals surface area contributed by atoms with Gasteiger partial charge < -0.3 is 15.4 Å². The molecular formula is C24H22N4O3. The summed E-state index contributed by atoms with van der Waals surface area (Å²) in [6.07, 6.45) is 3.74. The molecule has 0 aliphatic heterocycles. The summed E-state index contributed by atoms with van der Waals surface area (Å²) in [5.41, 5.74) is 5.49. The van der Waals surface area contributed by atoms with Crippen LogP contribution in [-0.4, -0.2) is 28.3 Å². The van der Waals surface area contributed by atoms with Crippen LogP contribution in [0.15, 0.2) is 67.0 Å². The Labute approximate surface area is 179 Å². The molecule has 2 N–H and O–H groups in total. The van der Waals surface area contributed by atoms with Gasteiger partial charge in [0.25, 0.3) is 0 Å². The number of benzene rings is 2. The van der Waals surface area contributed by atoms with Crippen LogP contribution in [0.5, 0.6) is 5.75 Å². The first-order valence-corrected chi connectivity index (χ1v) is 9.76. The number of anilines is 2. The molecule has 0 saturated heterocycles. The van der Waals surface area contributed by atoms with E-state index in [1.165, 1.54) is 13.8 Å². The summed E-state index contributed by atoms with van der Waals surface area (Å²) in [6, 6.07) is 17.1. The number of ether oxygens (including phenoxy) is 1. The molecule has 4 rings (SSSR count). The summed E-state index contributed by atoms with van der Waals surface area (Å²) >= 11 is 0. The molecule has 0 unspecified atom stereocenters. The number of hydrogen-bond acceptors (Lipinski definition) is 4. The van der Waals surface area contributed by atoms with Gasteiger partial charge in [0.2, 0.25) is 11.8 Å². The first kappa shape index (κ1) is 20.2. The number of imidazole rings is 1. The van der Waals surface area contributed by atoms with Crippen LogP contribution in [0.3, 0.4) is 0 Å². The van der Waals surface area contributed by atoms with Crippen molar-refractivity contribution in [3.05, 3.63) is 67.0 Å². The molecule has 0 aliphatic carbocycles. The van der Waals surface area contributed by atoms with E-state index in [2.05, 4.69) is 15.6 Å². The topological polar surface area (TPSA) is 84.7 Å². The van der Waals surface area contributed by atoms with E-state index in [9.17, 15) is 9.59 Å². The third kappa shape index (κ3) is 4.25. The summed E-state index contributed by atoms with van der Waals surface area (Å²) in [7, 11) is 1.63. The number of pyridine rings is 1. The monoisotopic (exact) mass is 414 g/mol. The molecule has 0 atom stereocenters. The van der Waals surface area contributed by atoms with Gasteiger partial charge in [-0.2, -0.15) is 0 Å². The number of carbonyl (C=O) groups excluding carboxylic acids is 2. The molecule has 2 aromatic heterocycles. The smallest absolute Gasteiger partial charge is 0.221 e. The summed E-state index contributed by atoms with van der Waals surface area (Å²) in [6.45, 7) is 2.94. The molecule has 156 valence electrons. The van der Waals surface area contributed by atoms with Gasteiger partial charge in [-0.05, 0) is 35.9 Å². The minimum absolute atomic E-state index is 0.138. The van der Waals surface area contributed by atoms with Crippen LogP contribution in [0.2, 0.25) is 0 Å². The molecule has 0 spiro atoms. The van der Waals surface area contributed by atoms with E-state index >= 15 is 0 Å². The van der Waals surface area contributed by atoms with Crippen molar-refractivity contribution in [3.8, 4) is 28.1 Å². The van der Waals surface area contributed by atoms with Crippen molar-refractivity contribution in [1.29, 1.82) is 0 Å². The van der Waals surface area contributed by atoms with Gasteiger partial charge in [-0.1, -0.05) is 24.3 Å². The van der Waals surface area contributed by atoms with E-state index in [0.29, 0.717) is 17.0 Å². The van der Waals surface area contributed by atoms with Crippen molar-refractivity contribution >= 4 is 28.8 Å². The van der Waals surface area contributed by atoms with Crippen LogP contribution in [0.1, 0.15) is 13.8 Å². The van der Waals surface area contributed by atoms with E-state index in [-0.39, 0.29) is 11.8 Å². The number of hydrogen-bond donors (Lipinski definition) is 2. The Morgan fingerprint density at radius 2 is 1.65 bits per heavy atom. The average molecular weight is 414 g/mol. The van der Waals surface area contributed by atoms with Crippen molar-refractivity contribution in [2.24, 2.45) is 0 Å². The first-order chi connectivity index (χ1) is 14.9. The third-order valence-corrected chi connectivity index (χ3v) is 4.80. The SMILES string of the molecule is COc1cccc(-c2cnc3c(NC(C)=O)cc(-c4cccc(NC(C)=O)c4)cn23)c1. The van der Waals surface area contributed by atoms with Gasteiger partial charge in [0.15, 0.2) is 5.65 Å². The van der Waals surface area contributed by atoms with E-state index in [1.54, 1.807) is 13.3 Å². The van der Waals surface area contributed by atoms with Gasteiger partial charge >= 0.3 is 0 Å². The molecule has 31 heavy (non-hydrogen) atoms. The summed E-state index contributed by atoms with van der Waals surface area (Å²) < 4.78 is 7.30. The van der Waals surface area contributed by atoms with Crippen LogP contribution in [-0.2, 0) is 9.59 Å². The molecule has 4 aromatic rings. The molecular weight excluding hydrogens is 392 g/mol. The standard InChI is InChI=1S/C24H22N4O3/c1-15(29)26-20-8-4-6-17(10-20)19-12-22(27-16(2)30)24-25-13-23(28(24)14-19)18-7-5-9-21(11-18)31-3/h4-14H,1-3H3,(H,26,29)(H,27,30). The molecule has 0 fully saturated rings. The van der Waals surface area contributed by atoms with Crippen LogP contribution < -0.4 is 15.4 Å². The number of carbonyl (C=O) groups is 2. The highest BCUT2D eigenvalue weighted by Crippen LogP contribution is 2.32. The lowest BCUT2D eigenvalue weighted by molar-refractivity contribution is -0.115. The molecule has 0 saturated carbocycles. The third-order valence-electron chi connectivity index (χ3n) is 4.80. The number of aromatic nitrogens is 2. The fourth-order valence-electron chi connectivity index (χ4n) is 3.50. The van der Waals surface area contributed by atoms with Crippen LogP contribution in [0.4, 0.5) is 11.4 Å². The zero-order valence-corrected chi connectivity index (χ0v) is 17.5. The predicted molar refractivity (Wildman–Crippen MR) is 121 cm³/mol. The highest BCUT2D eigenvalue weighted by Gasteiger charge is 2.14. The van der Waals surface area contributed by atoms with E-state index < -0.39 is 0 Å². The van der Waals surface area contributed by atoms with Crippen molar-refractivity contribution < 1.29 is 14.3 Å². The molecule has 2 heterocycles. The summed E-state index contributed by atoms with van der Waals surface area (Å²) in [5, 5.41) is 5.68. The number of amides is 2. The summed E-state index contributed by atoms with van der Waals surface area (Å²) in [5.74, 6) is 0.423. The Kier molecular flexibility index (Phi) is 5.41. The van der Waals surface area contributed by atoms with Crippen LogP contribution >= 0.6 is 0 Å². The second kappa shape index (κ2) is 8.31. The molecule has 2 aromatic carbocycles. The number of nitrogens with zero attached hydrogens (tertiary/aromatic N) is 2. The van der Waals surface area contributed by atoms with Gasteiger partial charge in [0.05, 0.1) is 24.7 Å². The zero-order valence-electron chi connectivity index (χ0n) is 17.5. The molecule has 7 heteroatoms. The van der Waals surface area contributed by atoms with Crippen molar-refractivity contribution in [2.45, 2.75) is 13.8 Å². The minimum Gasteiger partial charge on any atom is -0.497 e. The summed E-state index contributed by atoms with van der Waals surface area (Å²) in [4.78, 5) is 27.8. The fourth-order valence-corrected chi connectivity index (χ4v) is 3.50. The van der Waals surface area contributed by atoms with Crippen molar-refractivity contribution in [3.63, 3.8) is 0 Å². The number of rotatable bonds is 5. The first-order valence-electron chi connectivity index (χ1n) is 9.76. The maximum Gasteiger partial charge on any atom is 0.221 e. The van der Waals surface area contributed by atoms with Gasteiger partial charge in [0.1, 0.15) is 5.75 Å². The fraction of sp³-hybridized carbons (Fsp3) is 0.125. The second-order valence-electron chi connectivity index (χ2n) is 7.15. The minimum atomic E-state index is -0.183. The van der Waals surface area contributed by atoms with Crippen molar-refractivity contribution in [1.82, 2.24) is 9.38 Å². The molecule has 0 aliphatic rings. The number of fused-ring (bicyclic) bond motifs is 1. The highest BCUT2D eigenvalue weighted by molar-refractivity contribution is 5.95. The quantitative estimate of drug-likeness (QED) is 0.500. The highest BCUT2D eigenvalue weighted by atomic mass is 16.5. The van der Waals surface area contributed by atoms with Crippen molar-refractivity contribution in [2.75, 3.05) is 17.7 Å². The van der Waals surface area contributed by atoms with Gasteiger partial charge in [0, 0.05) is 36.9 Å². The Morgan fingerprint density at radius 1 is 0.903 bits per heavy atom. The lowest BCUT2D eigenvalue weighted by Gasteiger charge is -2.12. The second-order valence-corrected chi connectivity index (χ2v) is 7.15. The van der Waals surface area contributed by atoms with Gasteiger partial charge in [-0.25, -0.2) is 4.98 Å². The molecule has 2 amide bonds. The Morgan fingerprint density at radius 3 is 2.39 bits per heavy atom. The van der Waals surface area contributed by atoms with E-state index in [0.717, 1.165) is 28.1 Å².